The number of hydrogen-bond acceptors (Lipinski definition) is 1. The fraction of sp³-hybridized carbons (Fsp3) is 0.471. The molecule has 0 aromatic heterocycles. The maximum Gasteiger partial charge on any atom is 0.195 e. The van der Waals surface area contributed by atoms with Crippen LogP contribution in [-0.4, -0.2) is 5.78 Å². The minimum atomic E-state index is 0.168. The first-order chi connectivity index (χ1) is 25.7. The first-order valence-electron chi connectivity index (χ1n) is 21.5. The van der Waals surface area contributed by atoms with Crippen molar-refractivity contribution in [3.05, 3.63) is 118 Å². The molecular weight excluding hydrogens is 629 g/mol. The molecule has 0 aliphatic heterocycles. The zero-order valence-corrected chi connectivity index (χ0v) is 32.5. The lowest BCUT2D eigenvalue weighted by atomic mass is 9.92. The molecule has 6 rings (SSSR count). The van der Waals surface area contributed by atoms with E-state index in [0.29, 0.717) is 0 Å². The number of carbonyl (C=O) groups excluding carboxylic acids is 1. The number of carbonyl (C=O) groups is 1. The van der Waals surface area contributed by atoms with Gasteiger partial charge in [0.2, 0.25) is 0 Å². The Balaban J connectivity index is 1.10. The number of fused-ring (bicyclic) bond motifs is 3. The Kier molecular flexibility index (Phi) is 14.6. The van der Waals surface area contributed by atoms with E-state index in [4.69, 9.17) is 0 Å². The summed E-state index contributed by atoms with van der Waals surface area (Å²) in [4.78, 5) is 14.6. The van der Waals surface area contributed by atoms with Crippen molar-refractivity contribution in [2.75, 3.05) is 0 Å². The smallest absolute Gasteiger partial charge is 0.195 e. The summed E-state index contributed by atoms with van der Waals surface area (Å²) in [7, 11) is 0. The largest absolute Gasteiger partial charge is 0.289 e. The molecule has 52 heavy (non-hydrogen) atoms. The molecule has 0 spiro atoms. The second kappa shape index (κ2) is 19.9. The van der Waals surface area contributed by atoms with Crippen LogP contribution in [0.25, 0.3) is 33.1 Å². The van der Waals surface area contributed by atoms with Crippen LogP contribution in [0.5, 0.6) is 0 Å². The van der Waals surface area contributed by atoms with Crippen LogP contribution in [0.2, 0.25) is 0 Å². The third kappa shape index (κ3) is 9.44. The lowest BCUT2D eigenvalue weighted by molar-refractivity contribution is -0.108. The maximum absolute atomic E-state index is 14.6. The van der Waals surface area contributed by atoms with Crippen LogP contribution >= 0.6 is 0 Å². The van der Waals surface area contributed by atoms with E-state index in [1.54, 1.807) is 0 Å². The van der Waals surface area contributed by atoms with Gasteiger partial charge in [-0.25, -0.2) is 0 Å². The molecule has 0 bridgehead atoms. The highest BCUT2D eigenvalue weighted by Gasteiger charge is 2.40. The Hall–Kier alpha value is -3.71. The molecule has 0 saturated carbocycles. The monoisotopic (exact) mass is 692 g/mol. The summed E-state index contributed by atoms with van der Waals surface area (Å²) in [5.41, 5.74) is 11.2. The number of ketones is 1. The number of allylic oxidation sites excluding steroid dienone is 4. The fourth-order valence-electron chi connectivity index (χ4n) is 8.76. The average Bonchev–Trinajstić information content (AvgIpc) is 3.65. The molecule has 0 fully saturated rings. The predicted molar refractivity (Wildman–Crippen MR) is 227 cm³/mol. The summed E-state index contributed by atoms with van der Waals surface area (Å²) in [6, 6.07) is 31.1. The molecule has 0 saturated heterocycles. The normalized spacial score (nSPS) is 13.6. The number of unbranched alkanes of at least 4 members (excludes halogenated alkanes) is 18. The van der Waals surface area contributed by atoms with Gasteiger partial charge >= 0.3 is 0 Å². The van der Waals surface area contributed by atoms with Crippen molar-refractivity contribution in [3.8, 4) is 0 Å². The summed E-state index contributed by atoms with van der Waals surface area (Å²) in [5, 5.41) is 2.53. The molecule has 1 nitrogen and oxygen atoms in total. The lowest BCUT2D eigenvalue weighted by Gasteiger charge is -2.11. The fourth-order valence-corrected chi connectivity index (χ4v) is 8.76. The first kappa shape index (κ1) is 38.0. The van der Waals surface area contributed by atoms with Crippen molar-refractivity contribution in [2.45, 2.75) is 155 Å². The molecule has 4 aromatic rings. The number of aryl methyl sites for hydroxylation is 2. The molecule has 0 heterocycles. The van der Waals surface area contributed by atoms with Gasteiger partial charge in [0, 0.05) is 22.3 Å². The van der Waals surface area contributed by atoms with Crippen LogP contribution < -0.4 is 0 Å². The summed E-state index contributed by atoms with van der Waals surface area (Å²) in [6.07, 6.45) is 29.4. The number of benzene rings is 4. The summed E-state index contributed by atoms with van der Waals surface area (Å²) in [6.45, 7) is 4.58. The zero-order valence-electron chi connectivity index (χ0n) is 32.5. The summed E-state index contributed by atoms with van der Waals surface area (Å²) < 4.78 is 0. The first-order valence-corrected chi connectivity index (χ1v) is 21.5. The Labute approximate surface area is 316 Å². The van der Waals surface area contributed by atoms with Gasteiger partial charge in [0.05, 0.1) is 0 Å². The minimum absolute atomic E-state index is 0.168. The molecule has 0 radical (unpaired) electrons. The van der Waals surface area contributed by atoms with Gasteiger partial charge in [-0.15, -0.1) is 0 Å². The van der Waals surface area contributed by atoms with Crippen molar-refractivity contribution in [3.63, 3.8) is 0 Å². The summed E-state index contributed by atoms with van der Waals surface area (Å²) in [5.74, 6) is 0.168. The van der Waals surface area contributed by atoms with E-state index >= 15 is 0 Å². The lowest BCUT2D eigenvalue weighted by Crippen LogP contribution is -2.03. The highest BCUT2D eigenvalue weighted by molar-refractivity contribution is 6.61. The highest BCUT2D eigenvalue weighted by atomic mass is 16.1. The molecule has 2 aliphatic carbocycles. The van der Waals surface area contributed by atoms with Crippen LogP contribution in [0.3, 0.4) is 0 Å². The standard InChI is InChI=1S/C51H64O/c1-3-5-7-9-11-13-15-17-19-21-25-39-31-35-42(36-32-39)47-49-44-29-23-27-41-28-24-30-45(46(41)44)50(49)48(51(47)52)43-37-33-40(34-38-43)26-22-20-18-16-14-12-10-8-6-4-2/h23-24,27-38H,3-22,25-26H2,1-2H3. The number of Topliss-reactive ketones (excluding diaryl/α,β-unsaturated/α-hetero) is 1. The van der Waals surface area contributed by atoms with Gasteiger partial charge in [-0.05, 0) is 69.8 Å². The van der Waals surface area contributed by atoms with E-state index in [1.807, 2.05) is 0 Å². The van der Waals surface area contributed by atoms with Gasteiger partial charge in [-0.3, -0.25) is 4.79 Å². The van der Waals surface area contributed by atoms with Gasteiger partial charge in [-0.2, -0.15) is 0 Å². The van der Waals surface area contributed by atoms with Gasteiger partial charge in [0.15, 0.2) is 5.78 Å². The topological polar surface area (TPSA) is 17.1 Å². The Morgan fingerprint density at radius 2 is 0.712 bits per heavy atom. The van der Waals surface area contributed by atoms with Crippen molar-refractivity contribution >= 4 is 38.8 Å². The van der Waals surface area contributed by atoms with Crippen LogP contribution in [-0.2, 0) is 17.6 Å². The minimum Gasteiger partial charge on any atom is -0.289 e. The molecule has 0 unspecified atom stereocenters. The van der Waals surface area contributed by atoms with Gasteiger partial charge in [0.1, 0.15) is 0 Å². The van der Waals surface area contributed by atoms with Crippen LogP contribution in [0, 0.1) is 0 Å². The van der Waals surface area contributed by atoms with Crippen molar-refractivity contribution in [1.82, 2.24) is 0 Å². The Morgan fingerprint density at radius 1 is 0.365 bits per heavy atom. The van der Waals surface area contributed by atoms with Gasteiger partial charge in [0.25, 0.3) is 0 Å². The van der Waals surface area contributed by atoms with E-state index in [-0.39, 0.29) is 5.78 Å². The molecular formula is C51H64O. The van der Waals surface area contributed by atoms with Crippen LogP contribution in [0.4, 0.5) is 0 Å². The van der Waals surface area contributed by atoms with E-state index in [2.05, 4.69) is 98.8 Å². The van der Waals surface area contributed by atoms with E-state index in [1.165, 1.54) is 161 Å². The second-order valence-corrected chi connectivity index (χ2v) is 15.8. The van der Waals surface area contributed by atoms with E-state index in [9.17, 15) is 4.79 Å². The highest BCUT2D eigenvalue weighted by Crippen LogP contribution is 2.56. The third-order valence-corrected chi connectivity index (χ3v) is 11.8. The third-order valence-electron chi connectivity index (χ3n) is 11.8. The molecule has 2 aliphatic rings. The van der Waals surface area contributed by atoms with Gasteiger partial charge in [-0.1, -0.05) is 214 Å². The SMILES string of the molecule is CCCCCCCCCCCCc1ccc(C2=C3C(=C(c4ccc(CCCCCCCCCCCC)cc4)C2=O)c2cccc4cccc3c24)cc1. The van der Waals surface area contributed by atoms with Gasteiger partial charge < -0.3 is 0 Å². The van der Waals surface area contributed by atoms with E-state index < -0.39 is 0 Å². The number of rotatable bonds is 24. The van der Waals surface area contributed by atoms with E-state index in [0.717, 1.165) is 46.3 Å². The van der Waals surface area contributed by atoms with Crippen molar-refractivity contribution in [2.24, 2.45) is 0 Å². The van der Waals surface area contributed by atoms with Crippen molar-refractivity contribution in [1.29, 1.82) is 0 Å². The Morgan fingerprint density at radius 3 is 1.08 bits per heavy atom. The quantitative estimate of drug-likeness (QED) is 0.0668. The van der Waals surface area contributed by atoms with Crippen molar-refractivity contribution < 1.29 is 4.79 Å². The Bertz CT molecular complexity index is 1670. The second-order valence-electron chi connectivity index (χ2n) is 15.8. The maximum atomic E-state index is 14.6. The van der Waals surface area contributed by atoms with Crippen LogP contribution in [0.15, 0.2) is 84.9 Å². The zero-order chi connectivity index (χ0) is 36.0. The molecule has 1 heteroatoms. The molecule has 274 valence electrons. The predicted octanol–water partition coefficient (Wildman–Crippen LogP) is 15.2. The van der Waals surface area contributed by atoms with Crippen LogP contribution in [0.1, 0.15) is 176 Å². The molecule has 4 aromatic carbocycles. The summed E-state index contributed by atoms with van der Waals surface area (Å²) >= 11 is 0. The number of hydrogen-bond donors (Lipinski definition) is 0. The molecule has 0 N–H and O–H groups in total. The molecule has 0 atom stereocenters. The molecule has 0 amide bonds. The average molecular weight is 693 g/mol.